The van der Waals surface area contributed by atoms with Crippen molar-refractivity contribution in [2.24, 2.45) is 11.3 Å². The fourth-order valence-corrected chi connectivity index (χ4v) is 3.36. The fraction of sp³-hybridized carbons (Fsp3) is 0.619. The maximum Gasteiger partial charge on any atom is 0.317 e. The van der Waals surface area contributed by atoms with Gasteiger partial charge in [-0.1, -0.05) is 26.0 Å². The summed E-state index contributed by atoms with van der Waals surface area (Å²) in [5.74, 6) is 1.32. The second kappa shape index (κ2) is 9.62. The number of rotatable bonds is 7. The van der Waals surface area contributed by atoms with Crippen LogP contribution >= 0.6 is 0 Å². The number of methoxy groups -OCH3 is 1. The lowest BCUT2D eigenvalue weighted by Gasteiger charge is -2.39. The zero-order chi connectivity index (χ0) is 19.9. The molecule has 0 spiro atoms. The first kappa shape index (κ1) is 21.1. The molecule has 150 valence electrons. The molecule has 1 aromatic carbocycles. The molecule has 6 heteroatoms. The van der Waals surface area contributed by atoms with Crippen molar-refractivity contribution in [2.45, 2.75) is 46.6 Å². The second-order valence-corrected chi connectivity index (χ2v) is 8.03. The predicted molar refractivity (Wildman–Crippen MR) is 107 cm³/mol. The largest absolute Gasteiger partial charge is 0.497 e. The lowest BCUT2D eigenvalue weighted by molar-refractivity contribution is -0.132. The maximum atomic E-state index is 12.8. The van der Waals surface area contributed by atoms with Crippen LogP contribution in [-0.4, -0.2) is 43.6 Å². The van der Waals surface area contributed by atoms with Crippen molar-refractivity contribution in [1.29, 1.82) is 0 Å². The van der Waals surface area contributed by atoms with Gasteiger partial charge < -0.3 is 20.3 Å². The van der Waals surface area contributed by atoms with E-state index in [9.17, 15) is 9.59 Å². The number of likely N-dealkylation sites (tertiary alicyclic amines) is 1. The molecule has 1 saturated heterocycles. The van der Waals surface area contributed by atoms with E-state index in [1.807, 2.05) is 31.2 Å². The van der Waals surface area contributed by atoms with Crippen molar-refractivity contribution in [3.8, 4) is 5.75 Å². The number of amides is 3. The van der Waals surface area contributed by atoms with Gasteiger partial charge in [0, 0.05) is 26.2 Å². The Hall–Kier alpha value is -2.24. The Morgan fingerprint density at radius 2 is 2.07 bits per heavy atom. The first-order valence-corrected chi connectivity index (χ1v) is 9.78. The van der Waals surface area contributed by atoms with Gasteiger partial charge in [0.2, 0.25) is 5.91 Å². The minimum Gasteiger partial charge on any atom is -0.497 e. The van der Waals surface area contributed by atoms with Crippen LogP contribution in [0.3, 0.4) is 0 Å². The molecule has 0 bridgehead atoms. The fourth-order valence-electron chi connectivity index (χ4n) is 3.36. The van der Waals surface area contributed by atoms with Crippen LogP contribution in [0.4, 0.5) is 4.79 Å². The quantitative estimate of drug-likeness (QED) is 0.769. The summed E-state index contributed by atoms with van der Waals surface area (Å²) in [4.78, 5) is 27.0. The van der Waals surface area contributed by atoms with Crippen LogP contribution in [0.5, 0.6) is 5.75 Å². The summed E-state index contributed by atoms with van der Waals surface area (Å²) in [6.07, 6.45) is 2.57. The Balaban J connectivity index is 1.89. The Morgan fingerprint density at radius 3 is 2.78 bits per heavy atom. The molecule has 1 heterocycles. The van der Waals surface area contributed by atoms with E-state index in [2.05, 4.69) is 24.5 Å². The van der Waals surface area contributed by atoms with Gasteiger partial charge in [-0.3, -0.25) is 4.79 Å². The van der Waals surface area contributed by atoms with Crippen molar-refractivity contribution in [3.63, 3.8) is 0 Å². The molecule has 0 unspecified atom stereocenters. The molecule has 1 aliphatic heterocycles. The number of hydrogen-bond acceptors (Lipinski definition) is 3. The molecule has 27 heavy (non-hydrogen) atoms. The normalized spacial score (nSPS) is 19.7. The highest BCUT2D eigenvalue weighted by molar-refractivity contribution is 5.84. The minimum atomic E-state index is -0.563. The third-order valence-electron chi connectivity index (χ3n) is 5.12. The number of piperidine rings is 1. The van der Waals surface area contributed by atoms with Gasteiger partial charge in [0.05, 0.1) is 12.5 Å². The zero-order valence-electron chi connectivity index (χ0n) is 17.0. The lowest BCUT2D eigenvalue weighted by Crippen LogP contribution is -2.54. The molecular formula is C21H33N3O3. The van der Waals surface area contributed by atoms with Crippen molar-refractivity contribution >= 4 is 11.9 Å². The summed E-state index contributed by atoms with van der Waals surface area (Å²) in [5.41, 5.74) is 0.428. The third-order valence-corrected chi connectivity index (χ3v) is 5.12. The molecule has 0 aliphatic carbocycles. The van der Waals surface area contributed by atoms with Crippen LogP contribution < -0.4 is 15.4 Å². The number of carbonyl (C=O) groups is 2. The van der Waals surface area contributed by atoms with Crippen LogP contribution in [0.25, 0.3) is 0 Å². The number of nitrogens with one attached hydrogen (secondary N) is 2. The van der Waals surface area contributed by atoms with E-state index in [1.165, 1.54) is 0 Å². The van der Waals surface area contributed by atoms with E-state index in [4.69, 9.17) is 4.74 Å². The molecule has 6 nitrogen and oxygen atoms in total. The summed E-state index contributed by atoms with van der Waals surface area (Å²) < 4.78 is 5.22. The van der Waals surface area contributed by atoms with Crippen molar-refractivity contribution in [3.05, 3.63) is 29.8 Å². The average molecular weight is 376 g/mol. The smallest absolute Gasteiger partial charge is 0.317 e. The van der Waals surface area contributed by atoms with E-state index in [0.29, 0.717) is 32.1 Å². The summed E-state index contributed by atoms with van der Waals surface area (Å²) >= 11 is 0. The van der Waals surface area contributed by atoms with Gasteiger partial charge >= 0.3 is 6.03 Å². The summed E-state index contributed by atoms with van der Waals surface area (Å²) in [5, 5.41) is 6.00. The van der Waals surface area contributed by atoms with Crippen molar-refractivity contribution in [2.75, 3.05) is 26.7 Å². The Bertz CT molecular complexity index is 647. The van der Waals surface area contributed by atoms with Crippen LogP contribution in [0.2, 0.25) is 0 Å². The van der Waals surface area contributed by atoms with Crippen LogP contribution in [0, 0.1) is 11.3 Å². The van der Waals surface area contributed by atoms with Gasteiger partial charge in [-0.25, -0.2) is 4.79 Å². The number of ether oxygens (including phenoxy) is 1. The standard InChI is InChI=1S/C21H33N3O3/c1-16(2)9-11-22-20(26)24-12-6-10-21(3,15-24)19(25)23-14-17-7-5-8-18(13-17)27-4/h5,7-8,13,16H,6,9-12,14-15H2,1-4H3,(H,22,26)(H,23,25)/t21-/m1/s1. The molecule has 2 N–H and O–H groups in total. The summed E-state index contributed by atoms with van der Waals surface area (Å²) in [6.45, 7) is 8.49. The minimum absolute atomic E-state index is 0.00926. The Morgan fingerprint density at radius 1 is 1.30 bits per heavy atom. The van der Waals surface area contributed by atoms with Crippen molar-refractivity contribution < 1.29 is 14.3 Å². The highest BCUT2D eigenvalue weighted by Crippen LogP contribution is 2.30. The zero-order valence-corrected chi connectivity index (χ0v) is 17.0. The number of benzene rings is 1. The highest BCUT2D eigenvalue weighted by atomic mass is 16.5. The molecule has 0 aromatic heterocycles. The van der Waals surface area contributed by atoms with Gasteiger partial charge in [0.25, 0.3) is 0 Å². The number of hydrogen-bond donors (Lipinski definition) is 2. The van der Waals surface area contributed by atoms with Crippen LogP contribution in [0.1, 0.15) is 45.6 Å². The van der Waals surface area contributed by atoms with Gasteiger partial charge in [-0.15, -0.1) is 0 Å². The molecule has 1 aliphatic rings. The van der Waals surface area contributed by atoms with Crippen molar-refractivity contribution in [1.82, 2.24) is 15.5 Å². The Kier molecular flexibility index (Phi) is 7.51. The molecule has 1 aromatic rings. The molecule has 3 amide bonds. The number of carbonyl (C=O) groups excluding carboxylic acids is 2. The second-order valence-electron chi connectivity index (χ2n) is 8.03. The number of nitrogens with zero attached hydrogens (tertiary/aromatic N) is 1. The molecule has 0 saturated carbocycles. The van der Waals surface area contributed by atoms with E-state index in [1.54, 1.807) is 12.0 Å². The lowest BCUT2D eigenvalue weighted by atomic mass is 9.81. The summed E-state index contributed by atoms with van der Waals surface area (Å²) in [7, 11) is 1.63. The molecule has 1 fully saturated rings. The van der Waals surface area contributed by atoms with Gasteiger partial charge in [0.1, 0.15) is 5.75 Å². The van der Waals surface area contributed by atoms with E-state index in [0.717, 1.165) is 30.6 Å². The monoisotopic (exact) mass is 375 g/mol. The van der Waals surface area contributed by atoms with Crippen LogP contribution in [0.15, 0.2) is 24.3 Å². The predicted octanol–water partition coefficient (Wildman–Crippen LogP) is 3.17. The number of urea groups is 1. The highest BCUT2D eigenvalue weighted by Gasteiger charge is 2.39. The average Bonchev–Trinajstić information content (AvgIpc) is 2.65. The van der Waals surface area contributed by atoms with Gasteiger partial charge in [-0.05, 0) is 49.8 Å². The Labute approximate surface area is 162 Å². The molecule has 0 radical (unpaired) electrons. The topological polar surface area (TPSA) is 70.7 Å². The SMILES string of the molecule is COc1cccc(CNC(=O)[C@]2(C)CCCN(C(=O)NCCC(C)C)C2)c1. The maximum absolute atomic E-state index is 12.8. The first-order valence-electron chi connectivity index (χ1n) is 9.78. The van der Waals surface area contributed by atoms with Gasteiger partial charge in [-0.2, -0.15) is 0 Å². The third kappa shape index (κ3) is 6.15. The van der Waals surface area contributed by atoms with Crippen LogP contribution in [-0.2, 0) is 11.3 Å². The summed E-state index contributed by atoms with van der Waals surface area (Å²) in [6, 6.07) is 7.59. The molecule has 2 rings (SSSR count). The first-order chi connectivity index (χ1) is 12.8. The molecular weight excluding hydrogens is 342 g/mol. The van der Waals surface area contributed by atoms with Gasteiger partial charge in [0.15, 0.2) is 0 Å². The molecule has 1 atom stereocenters. The van der Waals surface area contributed by atoms with E-state index in [-0.39, 0.29) is 11.9 Å². The van der Waals surface area contributed by atoms with E-state index < -0.39 is 5.41 Å². The van der Waals surface area contributed by atoms with E-state index >= 15 is 0 Å².